The van der Waals surface area contributed by atoms with E-state index in [1.54, 1.807) is 19.3 Å². The molecular formula is C10H15NO3. The summed E-state index contributed by atoms with van der Waals surface area (Å²) in [5.41, 5.74) is 6.06. The Kier molecular flexibility index (Phi) is 2.96. The van der Waals surface area contributed by atoms with E-state index in [1.165, 1.54) is 6.26 Å². The summed E-state index contributed by atoms with van der Waals surface area (Å²) in [4.78, 5) is 10.7. The van der Waals surface area contributed by atoms with Gasteiger partial charge in [-0.2, -0.15) is 0 Å². The quantitative estimate of drug-likeness (QED) is 0.764. The molecule has 2 unspecified atom stereocenters. The van der Waals surface area contributed by atoms with Gasteiger partial charge in [-0.1, -0.05) is 6.92 Å². The van der Waals surface area contributed by atoms with E-state index in [0.29, 0.717) is 0 Å². The third-order valence-corrected chi connectivity index (χ3v) is 2.70. The second-order valence-electron chi connectivity index (χ2n) is 3.79. The Labute approximate surface area is 82.7 Å². The summed E-state index contributed by atoms with van der Waals surface area (Å²) in [6.45, 7) is 3.63. The van der Waals surface area contributed by atoms with Crippen molar-refractivity contribution in [3.63, 3.8) is 0 Å². The molecule has 1 aromatic heterocycles. The van der Waals surface area contributed by atoms with Crippen LogP contribution in [0.2, 0.25) is 0 Å². The van der Waals surface area contributed by atoms with E-state index in [4.69, 9.17) is 15.3 Å². The van der Waals surface area contributed by atoms with Crippen molar-refractivity contribution in [2.24, 2.45) is 5.73 Å². The van der Waals surface area contributed by atoms with Gasteiger partial charge in [-0.25, -0.2) is 0 Å². The van der Waals surface area contributed by atoms with E-state index >= 15 is 0 Å². The normalized spacial score (nSPS) is 17.4. The van der Waals surface area contributed by atoms with Gasteiger partial charge in [-0.3, -0.25) is 4.79 Å². The molecule has 1 heterocycles. The minimum Gasteiger partial charge on any atom is -0.481 e. The van der Waals surface area contributed by atoms with E-state index in [1.807, 2.05) is 6.92 Å². The first-order valence-electron chi connectivity index (χ1n) is 4.47. The number of carbonyl (C=O) groups is 1. The molecular weight excluding hydrogens is 182 g/mol. The predicted molar refractivity (Wildman–Crippen MR) is 52.0 cm³/mol. The number of aliphatic carboxylic acids is 1. The molecule has 0 amide bonds. The average Bonchev–Trinajstić information content (AvgIpc) is 2.53. The average molecular weight is 197 g/mol. The van der Waals surface area contributed by atoms with Crippen LogP contribution in [-0.4, -0.2) is 17.1 Å². The van der Waals surface area contributed by atoms with Crippen LogP contribution in [0.3, 0.4) is 0 Å². The molecule has 0 aliphatic heterocycles. The summed E-state index contributed by atoms with van der Waals surface area (Å²) in [5.74, 6) is -0.856. The SMILES string of the molecule is CC(N)C(C)(CC(=O)O)c1ccoc1. The van der Waals surface area contributed by atoms with Crippen LogP contribution in [0, 0.1) is 0 Å². The lowest BCUT2D eigenvalue weighted by atomic mass is 9.75. The first-order valence-corrected chi connectivity index (χ1v) is 4.47. The lowest BCUT2D eigenvalue weighted by Crippen LogP contribution is -2.42. The fourth-order valence-electron chi connectivity index (χ4n) is 1.43. The molecule has 0 saturated carbocycles. The highest BCUT2D eigenvalue weighted by Crippen LogP contribution is 2.30. The van der Waals surface area contributed by atoms with E-state index in [9.17, 15) is 4.79 Å². The number of furan rings is 1. The highest BCUT2D eigenvalue weighted by Gasteiger charge is 2.34. The Bertz CT molecular complexity index is 305. The predicted octanol–water partition coefficient (Wildman–Crippen LogP) is 1.36. The second kappa shape index (κ2) is 3.84. The molecule has 0 aliphatic carbocycles. The van der Waals surface area contributed by atoms with E-state index in [-0.39, 0.29) is 12.5 Å². The molecule has 0 aliphatic rings. The highest BCUT2D eigenvalue weighted by molar-refractivity contribution is 5.69. The Morgan fingerprint density at radius 2 is 2.43 bits per heavy atom. The molecule has 78 valence electrons. The Morgan fingerprint density at radius 1 is 1.79 bits per heavy atom. The highest BCUT2D eigenvalue weighted by atomic mass is 16.4. The molecule has 0 radical (unpaired) electrons. The molecule has 0 aromatic carbocycles. The molecule has 4 heteroatoms. The summed E-state index contributed by atoms with van der Waals surface area (Å²) in [7, 11) is 0. The van der Waals surface area contributed by atoms with Crippen molar-refractivity contribution < 1.29 is 14.3 Å². The Morgan fingerprint density at radius 3 is 2.79 bits per heavy atom. The molecule has 1 rings (SSSR count). The summed E-state index contributed by atoms with van der Waals surface area (Å²) < 4.78 is 4.94. The number of carboxylic acid groups (broad SMARTS) is 1. The summed E-state index contributed by atoms with van der Waals surface area (Å²) in [6.07, 6.45) is 3.08. The number of hydrogen-bond donors (Lipinski definition) is 2. The van der Waals surface area contributed by atoms with Gasteiger partial charge in [0.15, 0.2) is 0 Å². The number of rotatable bonds is 4. The van der Waals surface area contributed by atoms with Crippen molar-refractivity contribution in [3.8, 4) is 0 Å². The van der Waals surface area contributed by atoms with Gasteiger partial charge in [0, 0.05) is 11.5 Å². The van der Waals surface area contributed by atoms with Gasteiger partial charge in [0.25, 0.3) is 0 Å². The monoisotopic (exact) mass is 197 g/mol. The molecule has 14 heavy (non-hydrogen) atoms. The van der Waals surface area contributed by atoms with Crippen LogP contribution in [-0.2, 0) is 10.2 Å². The standard InChI is InChI=1S/C10H15NO3/c1-7(11)10(2,5-9(12)13)8-3-4-14-6-8/h3-4,6-7H,5,11H2,1-2H3,(H,12,13). The van der Waals surface area contributed by atoms with Crippen LogP contribution >= 0.6 is 0 Å². The van der Waals surface area contributed by atoms with Crippen molar-refractivity contribution in [3.05, 3.63) is 24.2 Å². The lowest BCUT2D eigenvalue weighted by molar-refractivity contribution is -0.138. The largest absolute Gasteiger partial charge is 0.481 e. The zero-order valence-electron chi connectivity index (χ0n) is 8.36. The fraction of sp³-hybridized carbons (Fsp3) is 0.500. The van der Waals surface area contributed by atoms with Crippen molar-refractivity contribution >= 4 is 5.97 Å². The lowest BCUT2D eigenvalue weighted by Gasteiger charge is -2.30. The third kappa shape index (κ3) is 1.96. The maximum Gasteiger partial charge on any atom is 0.304 e. The van der Waals surface area contributed by atoms with Crippen LogP contribution in [0.4, 0.5) is 0 Å². The number of hydrogen-bond acceptors (Lipinski definition) is 3. The smallest absolute Gasteiger partial charge is 0.304 e. The maximum absolute atomic E-state index is 10.7. The molecule has 0 spiro atoms. The zero-order valence-corrected chi connectivity index (χ0v) is 8.36. The van der Waals surface area contributed by atoms with Crippen LogP contribution in [0.1, 0.15) is 25.8 Å². The topological polar surface area (TPSA) is 76.5 Å². The minimum absolute atomic E-state index is 0.00417. The van der Waals surface area contributed by atoms with E-state index in [0.717, 1.165) is 5.56 Å². The van der Waals surface area contributed by atoms with Crippen molar-refractivity contribution in [2.75, 3.05) is 0 Å². The number of nitrogens with two attached hydrogens (primary N) is 1. The first-order chi connectivity index (χ1) is 6.47. The molecule has 0 saturated heterocycles. The molecule has 1 aromatic rings. The van der Waals surface area contributed by atoms with Gasteiger partial charge in [0.1, 0.15) is 0 Å². The van der Waals surface area contributed by atoms with Crippen molar-refractivity contribution in [1.82, 2.24) is 0 Å². The van der Waals surface area contributed by atoms with E-state index < -0.39 is 11.4 Å². The van der Waals surface area contributed by atoms with Crippen molar-refractivity contribution in [1.29, 1.82) is 0 Å². The van der Waals surface area contributed by atoms with Gasteiger partial charge in [0.2, 0.25) is 0 Å². The van der Waals surface area contributed by atoms with Gasteiger partial charge in [-0.15, -0.1) is 0 Å². The van der Waals surface area contributed by atoms with Crippen LogP contribution in [0.5, 0.6) is 0 Å². The van der Waals surface area contributed by atoms with E-state index in [2.05, 4.69) is 0 Å². The molecule has 0 bridgehead atoms. The van der Waals surface area contributed by atoms with Gasteiger partial charge >= 0.3 is 5.97 Å². The van der Waals surface area contributed by atoms with Gasteiger partial charge in [-0.05, 0) is 18.6 Å². The minimum atomic E-state index is -0.856. The fourth-order valence-corrected chi connectivity index (χ4v) is 1.43. The molecule has 0 fully saturated rings. The van der Waals surface area contributed by atoms with Crippen molar-refractivity contribution in [2.45, 2.75) is 31.7 Å². The Balaban J connectivity index is 2.99. The van der Waals surface area contributed by atoms with Gasteiger partial charge in [0.05, 0.1) is 18.9 Å². The summed E-state index contributed by atoms with van der Waals surface area (Å²) >= 11 is 0. The van der Waals surface area contributed by atoms with Crippen LogP contribution < -0.4 is 5.73 Å². The summed E-state index contributed by atoms with van der Waals surface area (Å²) in [5, 5.41) is 8.81. The van der Waals surface area contributed by atoms with Crippen LogP contribution in [0.15, 0.2) is 23.0 Å². The molecule has 4 nitrogen and oxygen atoms in total. The molecule has 3 N–H and O–H groups in total. The van der Waals surface area contributed by atoms with Crippen LogP contribution in [0.25, 0.3) is 0 Å². The Hall–Kier alpha value is -1.29. The first kappa shape index (κ1) is 10.8. The molecule has 2 atom stereocenters. The maximum atomic E-state index is 10.7. The van der Waals surface area contributed by atoms with Gasteiger partial charge < -0.3 is 15.3 Å². The third-order valence-electron chi connectivity index (χ3n) is 2.70. The number of carboxylic acids is 1. The second-order valence-corrected chi connectivity index (χ2v) is 3.79. The zero-order chi connectivity index (χ0) is 10.8. The summed E-state index contributed by atoms with van der Waals surface area (Å²) in [6, 6.07) is 1.52.